The first-order valence-corrected chi connectivity index (χ1v) is 6.45. The average molecular weight is 261 g/mol. The summed E-state index contributed by atoms with van der Waals surface area (Å²) >= 11 is 3.25. The van der Waals surface area contributed by atoms with E-state index in [9.17, 15) is 8.42 Å². The van der Waals surface area contributed by atoms with E-state index in [1.54, 1.807) is 18.2 Å². The Kier molecular flexibility index (Phi) is 2.20. The van der Waals surface area contributed by atoms with E-state index in [2.05, 4.69) is 15.9 Å². The summed E-state index contributed by atoms with van der Waals surface area (Å²) in [5.41, 5.74) is 0. The first-order valence-electron chi connectivity index (χ1n) is 4.11. The lowest BCUT2D eigenvalue weighted by Gasteiger charge is -2.03. The molecule has 1 aliphatic carbocycles. The van der Waals surface area contributed by atoms with Crippen LogP contribution in [0, 0.1) is 0 Å². The molecule has 0 saturated heterocycles. The predicted molar refractivity (Wildman–Crippen MR) is 54.3 cm³/mol. The zero-order valence-corrected chi connectivity index (χ0v) is 9.31. The minimum Gasteiger partial charge on any atom is -0.223 e. The molecule has 1 aromatic carbocycles. The van der Waals surface area contributed by atoms with E-state index in [-0.39, 0.29) is 5.25 Å². The van der Waals surface area contributed by atoms with Crippen LogP contribution in [-0.4, -0.2) is 13.7 Å². The average Bonchev–Trinajstić information content (AvgIpc) is 2.86. The molecule has 13 heavy (non-hydrogen) atoms. The van der Waals surface area contributed by atoms with Crippen LogP contribution in [0.15, 0.2) is 33.6 Å². The first-order chi connectivity index (χ1) is 6.12. The molecule has 0 bridgehead atoms. The molecule has 70 valence electrons. The van der Waals surface area contributed by atoms with Crippen molar-refractivity contribution in [2.24, 2.45) is 0 Å². The van der Waals surface area contributed by atoms with Crippen molar-refractivity contribution < 1.29 is 8.42 Å². The second kappa shape index (κ2) is 3.10. The third kappa shape index (κ3) is 1.65. The number of halogens is 1. The molecule has 0 aliphatic heterocycles. The lowest BCUT2D eigenvalue weighted by molar-refractivity contribution is 0.594. The quantitative estimate of drug-likeness (QED) is 0.819. The summed E-state index contributed by atoms with van der Waals surface area (Å²) in [5, 5.41) is -0.133. The molecule has 1 saturated carbocycles. The van der Waals surface area contributed by atoms with Crippen molar-refractivity contribution in [3.63, 3.8) is 0 Å². The molecule has 0 N–H and O–H groups in total. The maximum atomic E-state index is 11.8. The Balaban J connectivity index is 2.51. The highest BCUT2D eigenvalue weighted by atomic mass is 79.9. The van der Waals surface area contributed by atoms with Crippen LogP contribution in [0.4, 0.5) is 0 Å². The lowest BCUT2D eigenvalue weighted by Crippen LogP contribution is -2.07. The molecule has 2 nitrogen and oxygen atoms in total. The van der Waals surface area contributed by atoms with Gasteiger partial charge in [-0.15, -0.1) is 0 Å². The summed E-state index contributed by atoms with van der Waals surface area (Å²) in [6, 6.07) is 6.98. The fourth-order valence-corrected chi connectivity index (χ4v) is 3.92. The van der Waals surface area contributed by atoms with Gasteiger partial charge >= 0.3 is 0 Å². The van der Waals surface area contributed by atoms with Crippen molar-refractivity contribution in [1.82, 2.24) is 0 Å². The van der Waals surface area contributed by atoms with Crippen molar-refractivity contribution >= 4 is 25.8 Å². The van der Waals surface area contributed by atoms with Gasteiger partial charge in [-0.25, -0.2) is 8.42 Å². The van der Waals surface area contributed by atoms with E-state index >= 15 is 0 Å². The summed E-state index contributed by atoms with van der Waals surface area (Å²) in [6.07, 6.45) is 1.62. The van der Waals surface area contributed by atoms with Crippen LogP contribution in [0.5, 0.6) is 0 Å². The van der Waals surface area contributed by atoms with Gasteiger partial charge in [0.05, 0.1) is 10.1 Å². The normalized spacial score (nSPS) is 17.3. The Bertz CT molecular complexity index is 421. The summed E-state index contributed by atoms with van der Waals surface area (Å²) in [4.78, 5) is 0.428. The van der Waals surface area contributed by atoms with Crippen LogP contribution in [0.2, 0.25) is 0 Å². The van der Waals surface area contributed by atoms with Gasteiger partial charge in [0.2, 0.25) is 0 Å². The highest BCUT2D eigenvalue weighted by Crippen LogP contribution is 2.36. The fraction of sp³-hybridized carbons (Fsp3) is 0.333. The Morgan fingerprint density at radius 3 is 2.38 bits per heavy atom. The Morgan fingerprint density at radius 2 is 1.85 bits per heavy atom. The molecule has 0 amide bonds. The number of hydrogen-bond donors (Lipinski definition) is 0. The molecule has 0 atom stereocenters. The number of sulfone groups is 1. The van der Waals surface area contributed by atoms with Crippen molar-refractivity contribution in [2.75, 3.05) is 0 Å². The van der Waals surface area contributed by atoms with Gasteiger partial charge in [-0.2, -0.15) is 0 Å². The highest BCUT2D eigenvalue weighted by molar-refractivity contribution is 9.10. The molecule has 0 aromatic heterocycles. The molecule has 0 unspecified atom stereocenters. The summed E-state index contributed by atoms with van der Waals surface area (Å²) in [5.74, 6) is 0. The summed E-state index contributed by atoms with van der Waals surface area (Å²) < 4.78 is 24.2. The van der Waals surface area contributed by atoms with Crippen LogP contribution in [-0.2, 0) is 9.84 Å². The van der Waals surface area contributed by atoms with Crippen molar-refractivity contribution in [3.8, 4) is 0 Å². The third-order valence-corrected chi connectivity index (χ3v) is 5.38. The van der Waals surface area contributed by atoms with E-state index in [0.29, 0.717) is 9.37 Å². The lowest BCUT2D eigenvalue weighted by atomic mass is 10.4. The first kappa shape index (κ1) is 9.21. The Hall–Kier alpha value is -0.350. The molecule has 0 spiro atoms. The standard InChI is InChI=1S/C9H9BrO2S/c10-8-3-1-2-4-9(8)13(11,12)7-5-6-7/h1-4,7H,5-6H2. The van der Waals surface area contributed by atoms with Crippen LogP contribution in [0.1, 0.15) is 12.8 Å². The molecule has 1 fully saturated rings. The smallest absolute Gasteiger partial charge is 0.182 e. The van der Waals surface area contributed by atoms with E-state index < -0.39 is 9.84 Å². The topological polar surface area (TPSA) is 34.1 Å². The minimum absolute atomic E-state index is 0.133. The molecule has 2 rings (SSSR count). The van der Waals surface area contributed by atoms with Gasteiger partial charge in [0.1, 0.15) is 0 Å². The van der Waals surface area contributed by atoms with Gasteiger partial charge in [0, 0.05) is 4.47 Å². The monoisotopic (exact) mass is 260 g/mol. The molecule has 0 heterocycles. The zero-order valence-electron chi connectivity index (χ0n) is 6.90. The molecule has 0 radical (unpaired) electrons. The summed E-state index contributed by atoms with van der Waals surface area (Å²) in [6.45, 7) is 0. The van der Waals surface area contributed by atoms with Crippen LogP contribution < -0.4 is 0 Å². The van der Waals surface area contributed by atoms with Crippen LogP contribution in [0.25, 0.3) is 0 Å². The Labute approximate surface area is 86.0 Å². The third-order valence-electron chi connectivity index (χ3n) is 2.11. The van der Waals surface area contributed by atoms with Gasteiger partial charge < -0.3 is 0 Å². The van der Waals surface area contributed by atoms with Gasteiger partial charge in [-0.05, 0) is 40.9 Å². The molecular weight excluding hydrogens is 252 g/mol. The second-order valence-electron chi connectivity index (χ2n) is 3.17. The Morgan fingerprint density at radius 1 is 1.23 bits per heavy atom. The van der Waals surface area contributed by atoms with E-state index in [1.165, 1.54) is 0 Å². The van der Waals surface area contributed by atoms with E-state index in [4.69, 9.17) is 0 Å². The van der Waals surface area contributed by atoms with E-state index in [1.807, 2.05) is 6.07 Å². The van der Waals surface area contributed by atoms with Crippen LogP contribution in [0.3, 0.4) is 0 Å². The van der Waals surface area contributed by atoms with E-state index in [0.717, 1.165) is 12.8 Å². The van der Waals surface area contributed by atoms with Gasteiger partial charge in [-0.3, -0.25) is 0 Å². The molecule has 1 aliphatic rings. The summed E-state index contributed by atoms with van der Waals surface area (Å²) in [7, 11) is -3.04. The fourth-order valence-electron chi connectivity index (χ4n) is 1.23. The maximum Gasteiger partial charge on any atom is 0.182 e. The second-order valence-corrected chi connectivity index (χ2v) is 6.23. The molecule has 4 heteroatoms. The van der Waals surface area contributed by atoms with Gasteiger partial charge in [0.15, 0.2) is 9.84 Å². The SMILES string of the molecule is O=S(=O)(c1ccccc1Br)C1CC1. The molecular formula is C9H9BrO2S. The number of benzene rings is 1. The van der Waals surface area contributed by atoms with Crippen molar-refractivity contribution in [1.29, 1.82) is 0 Å². The number of hydrogen-bond acceptors (Lipinski definition) is 2. The number of rotatable bonds is 2. The largest absolute Gasteiger partial charge is 0.223 e. The van der Waals surface area contributed by atoms with Gasteiger partial charge in [0.25, 0.3) is 0 Å². The van der Waals surface area contributed by atoms with Crippen molar-refractivity contribution in [3.05, 3.63) is 28.7 Å². The highest BCUT2D eigenvalue weighted by Gasteiger charge is 2.37. The van der Waals surface area contributed by atoms with Crippen molar-refractivity contribution in [2.45, 2.75) is 23.0 Å². The zero-order chi connectivity index (χ0) is 9.47. The predicted octanol–water partition coefficient (Wildman–Crippen LogP) is 2.39. The molecule has 1 aromatic rings. The van der Waals surface area contributed by atoms with Crippen LogP contribution >= 0.6 is 15.9 Å². The maximum absolute atomic E-state index is 11.8. The minimum atomic E-state index is -3.04. The van der Waals surface area contributed by atoms with Gasteiger partial charge in [-0.1, -0.05) is 12.1 Å².